The minimum atomic E-state index is -0.606. The number of unbranched alkanes of at least 4 members (excludes halogenated alkanes) is 9. The third kappa shape index (κ3) is 9.94. The smallest absolute Gasteiger partial charge is 0.343 e. The molecule has 0 spiro atoms. The second-order valence-corrected chi connectivity index (χ2v) is 7.99. The van der Waals surface area contributed by atoms with Gasteiger partial charge < -0.3 is 14.2 Å². The van der Waals surface area contributed by atoms with Gasteiger partial charge in [-0.3, -0.25) is 0 Å². The molecule has 33 heavy (non-hydrogen) atoms. The van der Waals surface area contributed by atoms with E-state index in [9.17, 15) is 9.59 Å². The molecule has 5 heteroatoms. The van der Waals surface area contributed by atoms with Crippen molar-refractivity contribution in [3.63, 3.8) is 0 Å². The summed E-state index contributed by atoms with van der Waals surface area (Å²) >= 11 is 0. The predicted octanol–water partition coefficient (Wildman–Crippen LogP) is 7.30. The van der Waals surface area contributed by atoms with Gasteiger partial charge in [-0.2, -0.15) is 0 Å². The highest BCUT2D eigenvalue weighted by molar-refractivity contribution is 5.91. The highest BCUT2D eigenvalue weighted by Crippen LogP contribution is 2.38. The fourth-order valence-electron chi connectivity index (χ4n) is 3.45. The van der Waals surface area contributed by atoms with Gasteiger partial charge in [0.15, 0.2) is 11.5 Å². The van der Waals surface area contributed by atoms with Gasteiger partial charge in [-0.15, -0.1) is 0 Å². The van der Waals surface area contributed by atoms with E-state index in [1.165, 1.54) is 51.4 Å². The van der Waals surface area contributed by atoms with Crippen LogP contribution >= 0.6 is 0 Å². The number of carbonyl (C=O) groups is 2. The van der Waals surface area contributed by atoms with E-state index in [0.29, 0.717) is 12.2 Å². The van der Waals surface area contributed by atoms with Gasteiger partial charge in [-0.05, 0) is 30.7 Å². The van der Waals surface area contributed by atoms with Crippen LogP contribution < -0.4 is 14.2 Å². The standard InChI is InChI=1S/C28H36O5/c1-3-5-6-7-8-9-10-11-12-16-22-31-27-24(32-26(29)4-2)20-17-21-25(27)33-28(30)23-18-14-13-15-19-23/h4,13-15,17-21H,2-3,5-12,16,22H2,1H3. The minimum absolute atomic E-state index is 0.199. The Bertz CT molecular complexity index is 860. The molecule has 178 valence electrons. The number of esters is 2. The molecule has 0 radical (unpaired) electrons. The average Bonchev–Trinajstić information content (AvgIpc) is 2.84. The third-order valence-corrected chi connectivity index (χ3v) is 5.28. The Morgan fingerprint density at radius 2 is 1.33 bits per heavy atom. The summed E-state index contributed by atoms with van der Waals surface area (Å²) in [7, 11) is 0. The van der Waals surface area contributed by atoms with E-state index in [1.807, 2.05) is 6.07 Å². The summed E-state index contributed by atoms with van der Waals surface area (Å²) in [6.07, 6.45) is 13.3. The number of hydrogen-bond donors (Lipinski definition) is 0. The van der Waals surface area contributed by atoms with E-state index in [2.05, 4.69) is 13.5 Å². The third-order valence-electron chi connectivity index (χ3n) is 5.28. The topological polar surface area (TPSA) is 61.8 Å². The van der Waals surface area contributed by atoms with Crippen molar-refractivity contribution < 1.29 is 23.8 Å². The minimum Gasteiger partial charge on any atom is -0.486 e. The highest BCUT2D eigenvalue weighted by atomic mass is 16.6. The molecule has 0 unspecified atom stereocenters. The zero-order valence-electron chi connectivity index (χ0n) is 19.7. The second kappa shape index (κ2) is 15.7. The van der Waals surface area contributed by atoms with Gasteiger partial charge in [0.1, 0.15) is 0 Å². The molecule has 0 amide bonds. The lowest BCUT2D eigenvalue weighted by molar-refractivity contribution is -0.129. The first kappa shape index (κ1) is 26.2. The van der Waals surface area contributed by atoms with E-state index < -0.39 is 11.9 Å². The first-order valence-corrected chi connectivity index (χ1v) is 12.0. The molecule has 0 aliphatic rings. The lowest BCUT2D eigenvalue weighted by Gasteiger charge is -2.15. The number of benzene rings is 2. The lowest BCUT2D eigenvalue weighted by Crippen LogP contribution is -2.11. The molecule has 0 saturated carbocycles. The number of rotatable bonds is 16. The molecule has 0 fully saturated rings. The van der Waals surface area contributed by atoms with Crippen molar-refractivity contribution in [2.75, 3.05) is 6.61 Å². The summed E-state index contributed by atoms with van der Waals surface area (Å²) in [6.45, 7) is 6.10. The molecule has 0 bridgehead atoms. The summed E-state index contributed by atoms with van der Waals surface area (Å²) in [5.74, 6) is -0.458. The number of hydrogen-bond acceptors (Lipinski definition) is 5. The molecule has 0 N–H and O–H groups in total. The van der Waals surface area contributed by atoms with Crippen LogP contribution in [-0.2, 0) is 4.79 Å². The zero-order chi connectivity index (χ0) is 23.7. The van der Waals surface area contributed by atoms with E-state index in [4.69, 9.17) is 14.2 Å². The Balaban J connectivity index is 1.89. The van der Waals surface area contributed by atoms with Crippen LogP contribution in [0.25, 0.3) is 0 Å². The van der Waals surface area contributed by atoms with Crippen LogP contribution in [-0.4, -0.2) is 18.5 Å². The van der Waals surface area contributed by atoms with Crippen molar-refractivity contribution in [1.82, 2.24) is 0 Å². The molecule has 2 aromatic rings. The van der Waals surface area contributed by atoms with Crippen molar-refractivity contribution in [2.45, 2.75) is 71.1 Å². The maximum atomic E-state index is 12.5. The predicted molar refractivity (Wildman–Crippen MR) is 131 cm³/mol. The maximum absolute atomic E-state index is 12.5. The highest BCUT2D eigenvalue weighted by Gasteiger charge is 2.18. The van der Waals surface area contributed by atoms with Gasteiger partial charge >= 0.3 is 11.9 Å². The molecule has 0 aromatic heterocycles. The molecule has 0 aliphatic heterocycles. The van der Waals surface area contributed by atoms with Gasteiger partial charge in [0.2, 0.25) is 5.75 Å². The van der Waals surface area contributed by atoms with Crippen LogP contribution in [0.3, 0.4) is 0 Å². The fraction of sp³-hybridized carbons (Fsp3) is 0.429. The Labute approximate surface area is 197 Å². The van der Waals surface area contributed by atoms with Crippen LogP contribution in [0.15, 0.2) is 61.2 Å². The first-order chi connectivity index (χ1) is 16.2. The van der Waals surface area contributed by atoms with E-state index >= 15 is 0 Å². The van der Waals surface area contributed by atoms with E-state index in [0.717, 1.165) is 18.9 Å². The van der Waals surface area contributed by atoms with Gasteiger partial charge in [0.05, 0.1) is 12.2 Å². The number of para-hydroxylation sites is 1. The van der Waals surface area contributed by atoms with Crippen LogP contribution in [0.5, 0.6) is 17.2 Å². The first-order valence-electron chi connectivity index (χ1n) is 12.0. The lowest BCUT2D eigenvalue weighted by atomic mass is 10.1. The number of carbonyl (C=O) groups excluding carboxylic acids is 2. The van der Waals surface area contributed by atoms with Crippen LogP contribution in [0.4, 0.5) is 0 Å². The Morgan fingerprint density at radius 3 is 1.94 bits per heavy atom. The molecule has 5 nitrogen and oxygen atoms in total. The Kier molecular flexibility index (Phi) is 12.4. The van der Waals surface area contributed by atoms with E-state index in [-0.39, 0.29) is 17.2 Å². The quantitative estimate of drug-likeness (QED) is 0.116. The normalized spacial score (nSPS) is 10.5. The summed E-state index contributed by atoms with van der Waals surface area (Å²) in [5.41, 5.74) is 0.423. The van der Waals surface area contributed by atoms with Gasteiger partial charge in [0.25, 0.3) is 0 Å². The summed E-state index contributed by atoms with van der Waals surface area (Å²) in [6, 6.07) is 13.6. The van der Waals surface area contributed by atoms with Crippen molar-refractivity contribution in [2.24, 2.45) is 0 Å². The fourth-order valence-corrected chi connectivity index (χ4v) is 3.45. The van der Waals surface area contributed by atoms with Crippen LogP contribution in [0.2, 0.25) is 0 Å². The van der Waals surface area contributed by atoms with E-state index in [1.54, 1.807) is 42.5 Å². The summed E-state index contributed by atoms with van der Waals surface area (Å²) < 4.78 is 16.8. The van der Waals surface area contributed by atoms with Gasteiger partial charge in [-0.25, -0.2) is 9.59 Å². The molecular weight excluding hydrogens is 416 g/mol. The Morgan fingerprint density at radius 1 is 0.758 bits per heavy atom. The maximum Gasteiger partial charge on any atom is 0.343 e. The number of ether oxygens (including phenoxy) is 3. The molecule has 0 heterocycles. The van der Waals surface area contributed by atoms with Crippen molar-refractivity contribution in [3.05, 3.63) is 66.7 Å². The molecular formula is C28H36O5. The van der Waals surface area contributed by atoms with Gasteiger partial charge in [0, 0.05) is 6.08 Å². The molecule has 0 aliphatic carbocycles. The van der Waals surface area contributed by atoms with Crippen molar-refractivity contribution in [3.8, 4) is 17.2 Å². The van der Waals surface area contributed by atoms with Crippen molar-refractivity contribution >= 4 is 11.9 Å². The Hall–Kier alpha value is -3.08. The monoisotopic (exact) mass is 452 g/mol. The summed E-state index contributed by atoms with van der Waals surface area (Å²) in [5, 5.41) is 0. The molecule has 2 rings (SSSR count). The molecule has 0 saturated heterocycles. The van der Waals surface area contributed by atoms with Crippen molar-refractivity contribution in [1.29, 1.82) is 0 Å². The molecule has 0 atom stereocenters. The van der Waals surface area contributed by atoms with Gasteiger partial charge in [-0.1, -0.05) is 95.6 Å². The largest absolute Gasteiger partial charge is 0.486 e. The van der Waals surface area contributed by atoms with Crippen LogP contribution in [0, 0.1) is 0 Å². The second-order valence-electron chi connectivity index (χ2n) is 7.99. The van der Waals surface area contributed by atoms with Crippen LogP contribution in [0.1, 0.15) is 81.5 Å². The summed E-state index contributed by atoms with van der Waals surface area (Å²) in [4.78, 5) is 24.3. The SMILES string of the molecule is C=CC(=O)Oc1cccc(OC(=O)c2ccccc2)c1OCCCCCCCCCCCC. The molecule has 2 aromatic carbocycles. The average molecular weight is 453 g/mol. The zero-order valence-corrected chi connectivity index (χ0v) is 19.7.